The lowest BCUT2D eigenvalue weighted by atomic mass is 9.70. The van der Waals surface area contributed by atoms with Gasteiger partial charge in [0.2, 0.25) is 0 Å². The molecule has 3 atom stereocenters. The highest BCUT2D eigenvalue weighted by molar-refractivity contribution is 6.27. The smallest absolute Gasteiger partial charge is 0.0726 e. The first-order valence-electron chi connectivity index (χ1n) is 45.1. The molecule has 6 aliphatic carbocycles. The minimum Gasteiger partial charge on any atom is -0.310 e. The Morgan fingerprint density at radius 2 is 0.422 bits per heavy atom. The summed E-state index contributed by atoms with van der Waals surface area (Å²) in [4.78, 5) is 5.13. The molecule has 0 aromatic heterocycles. The van der Waals surface area contributed by atoms with Gasteiger partial charge in [0.1, 0.15) is 0 Å². The van der Waals surface area contributed by atoms with Crippen LogP contribution in [0.5, 0.6) is 0 Å². The summed E-state index contributed by atoms with van der Waals surface area (Å²) in [5, 5.41) is 15.0. The first-order valence-corrected chi connectivity index (χ1v) is 45.1. The number of nitrogens with zero attached hydrogens (tertiary/aromatic N) is 2. The Balaban J connectivity index is 0.570. The molecule has 28 rings (SSSR count). The molecule has 2 spiro atoms. The second-order valence-corrected chi connectivity index (χ2v) is 36.5. The molecule has 128 heavy (non-hydrogen) atoms. The number of benzene rings is 22. The second kappa shape index (κ2) is 26.3. The molecule has 0 saturated carbocycles. The third-order valence-electron chi connectivity index (χ3n) is 30.8. The minimum atomic E-state index is -0.579. The lowest BCUT2D eigenvalue weighted by Gasteiger charge is -2.32. The van der Waals surface area contributed by atoms with Gasteiger partial charge < -0.3 is 9.80 Å². The Bertz CT molecular complexity index is 8530. The highest BCUT2D eigenvalue weighted by Crippen LogP contribution is 2.68. The minimum absolute atomic E-state index is 0.336. The number of hydrogen-bond acceptors (Lipinski definition) is 2. The van der Waals surface area contributed by atoms with Crippen LogP contribution in [0, 0.1) is 0 Å². The van der Waals surface area contributed by atoms with E-state index in [-0.39, 0.29) is 5.41 Å². The van der Waals surface area contributed by atoms with Crippen molar-refractivity contribution in [2.45, 2.75) is 35.5 Å². The molecule has 0 amide bonds. The van der Waals surface area contributed by atoms with Gasteiger partial charge in [0.15, 0.2) is 0 Å². The van der Waals surface area contributed by atoms with Crippen molar-refractivity contribution in [2.24, 2.45) is 0 Å². The Morgan fingerprint density at radius 1 is 0.156 bits per heavy atom. The van der Waals surface area contributed by atoms with E-state index in [9.17, 15) is 0 Å². The first kappa shape index (κ1) is 71.4. The molecule has 22 aromatic carbocycles. The zero-order chi connectivity index (χ0) is 84.0. The number of rotatable bonds is 9. The molecule has 0 saturated heterocycles. The average molecular weight is 1620 g/mol. The average Bonchev–Trinajstić information content (AvgIpc) is 1.51. The molecule has 0 radical (unpaired) electrons. The summed E-state index contributed by atoms with van der Waals surface area (Å²) in [5.41, 5.74) is 40.7. The molecule has 3 unspecified atom stereocenters. The fourth-order valence-corrected chi connectivity index (χ4v) is 25.4. The SMILES string of the molecule is CC1(c2ccccc2)c2ccccc2-c2cc(N(c3ccc4c(c3)-c3ccccc3C43c4ccccc4-c4cc(-c5ccc(C6(C)c7ccccc7-c7cc(N(c8ccc9c%10ccccc%10c%10ccccc%10c9c8)c8cccc9c8-c8ccccc8C98c9ccccc9-c9ccccc98)ccc76)cc5)ccc43)c3ccc4c5ccccc5c5ccccc5c4c3)ccc21. The van der Waals surface area contributed by atoms with Crippen molar-refractivity contribution in [1.82, 2.24) is 0 Å². The van der Waals surface area contributed by atoms with Gasteiger partial charge in [0, 0.05) is 44.8 Å². The van der Waals surface area contributed by atoms with Crippen LogP contribution < -0.4 is 9.80 Å². The zero-order valence-corrected chi connectivity index (χ0v) is 70.6. The summed E-state index contributed by atoms with van der Waals surface area (Å²) >= 11 is 0. The molecular formula is C126H80N2. The van der Waals surface area contributed by atoms with Gasteiger partial charge in [0.05, 0.1) is 16.5 Å². The predicted octanol–water partition coefficient (Wildman–Crippen LogP) is 32.6. The van der Waals surface area contributed by atoms with E-state index in [0.29, 0.717) is 0 Å². The molecule has 2 heteroatoms. The van der Waals surface area contributed by atoms with Crippen LogP contribution in [-0.4, -0.2) is 0 Å². The van der Waals surface area contributed by atoms with Crippen LogP contribution in [0.15, 0.2) is 449 Å². The molecular weight excluding hydrogens is 1540 g/mol. The van der Waals surface area contributed by atoms with Crippen LogP contribution in [0.4, 0.5) is 34.1 Å². The Kier molecular flexibility index (Phi) is 14.7. The van der Waals surface area contributed by atoms with Crippen LogP contribution >= 0.6 is 0 Å². The highest BCUT2D eigenvalue weighted by Gasteiger charge is 2.55. The zero-order valence-electron chi connectivity index (χ0n) is 70.6. The molecule has 0 N–H and O–H groups in total. The van der Waals surface area contributed by atoms with Crippen molar-refractivity contribution in [3.8, 4) is 77.9 Å². The predicted molar refractivity (Wildman–Crippen MR) is 534 cm³/mol. The molecule has 594 valence electrons. The third kappa shape index (κ3) is 9.29. The fraction of sp³-hybridized carbons (Fsp3) is 0.0476. The Labute approximate surface area is 743 Å². The molecule has 0 heterocycles. The summed E-state index contributed by atoms with van der Waals surface area (Å²) < 4.78 is 0. The number of hydrogen-bond donors (Lipinski definition) is 0. The highest BCUT2D eigenvalue weighted by atomic mass is 15.2. The fourth-order valence-electron chi connectivity index (χ4n) is 25.4. The normalized spacial score (nSPS) is 16.7. The van der Waals surface area contributed by atoms with Gasteiger partial charge >= 0.3 is 0 Å². The molecule has 0 aliphatic heterocycles. The molecule has 2 nitrogen and oxygen atoms in total. The maximum atomic E-state index is 2.59. The summed E-state index contributed by atoms with van der Waals surface area (Å²) in [6, 6.07) is 172. The van der Waals surface area contributed by atoms with E-state index in [4.69, 9.17) is 0 Å². The van der Waals surface area contributed by atoms with E-state index in [1.807, 2.05) is 0 Å². The summed E-state index contributed by atoms with van der Waals surface area (Å²) in [6.07, 6.45) is 0. The van der Waals surface area contributed by atoms with Crippen LogP contribution in [0.3, 0.4) is 0 Å². The van der Waals surface area contributed by atoms with Crippen molar-refractivity contribution in [2.75, 3.05) is 9.80 Å². The molecule has 22 aromatic rings. The second-order valence-electron chi connectivity index (χ2n) is 36.5. The van der Waals surface area contributed by atoms with Crippen LogP contribution in [0.1, 0.15) is 91.7 Å². The van der Waals surface area contributed by atoms with Crippen molar-refractivity contribution >= 4 is 98.8 Å². The quantitative estimate of drug-likeness (QED) is 0.133. The molecule has 0 bridgehead atoms. The van der Waals surface area contributed by atoms with Gasteiger partial charge in [-0.15, -0.1) is 0 Å². The summed E-state index contributed by atoms with van der Waals surface area (Å²) in [6.45, 7) is 4.88. The van der Waals surface area contributed by atoms with E-state index in [2.05, 4.69) is 473 Å². The van der Waals surface area contributed by atoms with Gasteiger partial charge in [-0.25, -0.2) is 0 Å². The van der Waals surface area contributed by atoms with Crippen molar-refractivity contribution in [1.29, 1.82) is 0 Å². The van der Waals surface area contributed by atoms with E-state index in [0.717, 1.165) is 34.1 Å². The van der Waals surface area contributed by atoms with Crippen LogP contribution in [-0.2, 0) is 21.7 Å². The van der Waals surface area contributed by atoms with E-state index < -0.39 is 16.2 Å². The maximum absolute atomic E-state index is 2.59. The van der Waals surface area contributed by atoms with Crippen molar-refractivity contribution < 1.29 is 0 Å². The first-order chi connectivity index (χ1) is 63.3. The number of fused-ring (bicyclic) bond motifs is 38. The lowest BCUT2D eigenvalue weighted by molar-refractivity contribution is 0.714. The van der Waals surface area contributed by atoms with E-state index >= 15 is 0 Å². The standard InChI is InChI=1S/C126H80N2/c1-123(79-29-4-3-5-30-79)109-46-21-14-41-98(109)106-74-82(62-68-111(106)123)127(81-60-65-94-90-35-8-6-31-86(90)88-33-10-12-37-92(88)103(94)72-81)83-64-70-119-108(75-83)101-44-19-26-51-116(101)125(119)115-50-25-18-43-100(115)105-71-78(57-67-118(105)125)77-55-58-80(59-56-77)124(2)110-47-22-15-42-99(110)107-76-85(63-69-112(107)124)128(84-61-66-95-91-36-9-7-32-87(91)89-34-11-13-38-93(89)104(95)73-84)121-54-28-53-120-122(121)102-45-20-27-52-117(102)126(120)113-48-23-16-39-96(113)97-40-17-24-49-114(97)126/h3-76H,1-2H3. The maximum Gasteiger partial charge on any atom is 0.0726 e. The van der Waals surface area contributed by atoms with Gasteiger partial charge in [-0.1, -0.05) is 376 Å². The summed E-state index contributed by atoms with van der Waals surface area (Å²) in [5.74, 6) is 0. The Morgan fingerprint density at radius 3 is 0.875 bits per heavy atom. The van der Waals surface area contributed by atoms with Gasteiger partial charge in [-0.05, 0) is 301 Å². The summed E-state index contributed by atoms with van der Waals surface area (Å²) in [7, 11) is 0. The molecule has 0 fully saturated rings. The largest absolute Gasteiger partial charge is 0.310 e. The third-order valence-corrected chi connectivity index (χ3v) is 30.8. The van der Waals surface area contributed by atoms with Crippen molar-refractivity contribution in [3.63, 3.8) is 0 Å². The molecule has 6 aliphatic rings. The van der Waals surface area contributed by atoms with Crippen LogP contribution in [0.25, 0.3) is 143 Å². The van der Waals surface area contributed by atoms with Crippen LogP contribution in [0.2, 0.25) is 0 Å². The number of anilines is 6. The lowest BCUT2D eigenvalue weighted by Crippen LogP contribution is -2.26. The van der Waals surface area contributed by atoms with E-state index in [1.165, 1.54) is 220 Å². The van der Waals surface area contributed by atoms with Crippen molar-refractivity contribution in [3.05, 3.63) is 527 Å². The van der Waals surface area contributed by atoms with Gasteiger partial charge in [0.25, 0.3) is 0 Å². The topological polar surface area (TPSA) is 6.48 Å². The van der Waals surface area contributed by atoms with Gasteiger partial charge in [-0.2, -0.15) is 0 Å². The Hall–Kier alpha value is -16.0. The monoisotopic (exact) mass is 1620 g/mol. The van der Waals surface area contributed by atoms with Gasteiger partial charge in [-0.3, -0.25) is 0 Å². The van der Waals surface area contributed by atoms with E-state index in [1.54, 1.807) is 0 Å².